The minimum absolute atomic E-state index is 0.311. The van der Waals surface area contributed by atoms with Crippen LogP contribution in [0.25, 0.3) is 11.1 Å². The minimum Gasteiger partial charge on any atom is -0.496 e. The van der Waals surface area contributed by atoms with E-state index in [1.54, 1.807) is 18.3 Å². The third-order valence-corrected chi connectivity index (χ3v) is 3.25. The van der Waals surface area contributed by atoms with Crippen LogP contribution < -0.4 is 10.1 Å². The first-order valence-corrected chi connectivity index (χ1v) is 6.71. The number of aromatic nitrogens is 1. The van der Waals surface area contributed by atoms with Crippen molar-refractivity contribution in [3.05, 3.63) is 42.3 Å². The van der Waals surface area contributed by atoms with Gasteiger partial charge in [0.05, 0.1) is 12.7 Å². The summed E-state index contributed by atoms with van der Waals surface area (Å²) in [6.45, 7) is 4.20. The molecular weight excluding hydrogens is 255 g/mol. The second-order valence-corrected chi connectivity index (χ2v) is 4.70. The van der Waals surface area contributed by atoms with Gasteiger partial charge in [0, 0.05) is 17.8 Å². The van der Waals surface area contributed by atoms with Gasteiger partial charge in [-0.2, -0.15) is 0 Å². The number of pyridine rings is 1. The van der Waals surface area contributed by atoms with Gasteiger partial charge >= 0.3 is 0 Å². The SMILES string of the molecule is CCC(C)Nc1ccc(-c2c(F)cccc2OC)cn1. The third-order valence-electron chi connectivity index (χ3n) is 3.25. The van der Waals surface area contributed by atoms with Crippen LogP contribution in [0.1, 0.15) is 20.3 Å². The molecule has 20 heavy (non-hydrogen) atoms. The van der Waals surface area contributed by atoms with Crippen molar-refractivity contribution in [3.8, 4) is 16.9 Å². The molecule has 0 aliphatic heterocycles. The fourth-order valence-electron chi connectivity index (χ4n) is 1.94. The van der Waals surface area contributed by atoms with Gasteiger partial charge in [0.2, 0.25) is 0 Å². The van der Waals surface area contributed by atoms with Gasteiger partial charge in [0.25, 0.3) is 0 Å². The van der Waals surface area contributed by atoms with Crippen molar-refractivity contribution in [1.29, 1.82) is 0 Å². The smallest absolute Gasteiger partial charge is 0.134 e. The van der Waals surface area contributed by atoms with Crippen LogP contribution in [0.2, 0.25) is 0 Å². The van der Waals surface area contributed by atoms with E-state index in [4.69, 9.17) is 4.74 Å². The van der Waals surface area contributed by atoms with E-state index < -0.39 is 0 Å². The summed E-state index contributed by atoms with van der Waals surface area (Å²) in [5, 5.41) is 3.28. The van der Waals surface area contributed by atoms with Crippen molar-refractivity contribution >= 4 is 5.82 Å². The first kappa shape index (κ1) is 14.3. The molecule has 1 aromatic heterocycles. The molecule has 1 unspecified atom stereocenters. The Morgan fingerprint density at radius 2 is 2.10 bits per heavy atom. The Labute approximate surface area is 118 Å². The standard InChI is InChI=1S/C16H19FN2O/c1-4-11(2)19-15-9-8-12(10-18-15)16-13(17)6-5-7-14(16)20-3/h5-11H,4H2,1-3H3,(H,18,19). The van der Waals surface area contributed by atoms with Crippen molar-refractivity contribution in [1.82, 2.24) is 4.98 Å². The quantitative estimate of drug-likeness (QED) is 0.891. The summed E-state index contributed by atoms with van der Waals surface area (Å²) in [7, 11) is 1.53. The molecule has 2 rings (SSSR count). The van der Waals surface area contributed by atoms with E-state index in [0.29, 0.717) is 22.9 Å². The molecule has 0 aliphatic carbocycles. The molecule has 1 aromatic carbocycles. The fraction of sp³-hybridized carbons (Fsp3) is 0.312. The lowest BCUT2D eigenvalue weighted by atomic mass is 10.1. The maximum absolute atomic E-state index is 14.0. The lowest BCUT2D eigenvalue weighted by molar-refractivity contribution is 0.413. The molecule has 0 fully saturated rings. The number of hydrogen-bond acceptors (Lipinski definition) is 3. The van der Waals surface area contributed by atoms with Crippen molar-refractivity contribution in [2.75, 3.05) is 12.4 Å². The lowest BCUT2D eigenvalue weighted by Gasteiger charge is -2.13. The van der Waals surface area contributed by atoms with Crippen LogP contribution in [0.15, 0.2) is 36.5 Å². The highest BCUT2D eigenvalue weighted by Crippen LogP contribution is 2.32. The molecule has 0 saturated heterocycles. The molecule has 1 heterocycles. The number of rotatable bonds is 5. The highest BCUT2D eigenvalue weighted by Gasteiger charge is 2.12. The molecule has 0 saturated carbocycles. The predicted molar refractivity (Wildman–Crippen MR) is 79.6 cm³/mol. The van der Waals surface area contributed by atoms with Crippen molar-refractivity contribution in [3.63, 3.8) is 0 Å². The van der Waals surface area contributed by atoms with Crippen molar-refractivity contribution in [2.24, 2.45) is 0 Å². The van der Waals surface area contributed by atoms with Gasteiger partial charge in [-0.1, -0.05) is 13.0 Å². The van der Waals surface area contributed by atoms with E-state index in [2.05, 4.69) is 24.1 Å². The summed E-state index contributed by atoms with van der Waals surface area (Å²) in [6.07, 6.45) is 2.68. The number of ether oxygens (including phenoxy) is 1. The second-order valence-electron chi connectivity index (χ2n) is 4.70. The Kier molecular flexibility index (Phi) is 4.56. The Balaban J connectivity index is 2.31. The van der Waals surface area contributed by atoms with Crippen LogP contribution in [0.4, 0.5) is 10.2 Å². The summed E-state index contributed by atoms with van der Waals surface area (Å²) in [6, 6.07) is 8.85. The number of hydrogen-bond donors (Lipinski definition) is 1. The number of halogens is 1. The predicted octanol–water partition coefficient (Wildman–Crippen LogP) is 4.11. The van der Waals surface area contributed by atoms with Crippen molar-refractivity contribution in [2.45, 2.75) is 26.3 Å². The summed E-state index contributed by atoms with van der Waals surface area (Å²) in [5.41, 5.74) is 1.15. The Morgan fingerprint density at radius 1 is 1.30 bits per heavy atom. The maximum atomic E-state index is 14.0. The summed E-state index contributed by atoms with van der Waals surface area (Å²) in [5.74, 6) is 0.988. The van der Waals surface area contributed by atoms with E-state index in [0.717, 1.165) is 12.2 Å². The number of anilines is 1. The monoisotopic (exact) mass is 274 g/mol. The zero-order valence-corrected chi connectivity index (χ0v) is 12.0. The molecule has 4 heteroatoms. The molecule has 0 amide bonds. The first-order chi connectivity index (χ1) is 9.65. The number of benzene rings is 1. The van der Waals surface area contributed by atoms with Gasteiger partial charge in [-0.25, -0.2) is 9.37 Å². The fourth-order valence-corrected chi connectivity index (χ4v) is 1.94. The van der Waals surface area contributed by atoms with E-state index in [-0.39, 0.29) is 5.82 Å². The molecule has 1 N–H and O–H groups in total. The van der Waals surface area contributed by atoms with Crippen molar-refractivity contribution < 1.29 is 9.13 Å². The van der Waals surface area contributed by atoms with Crippen LogP contribution in [-0.4, -0.2) is 18.1 Å². The zero-order chi connectivity index (χ0) is 14.5. The second kappa shape index (κ2) is 6.37. The highest BCUT2D eigenvalue weighted by molar-refractivity contribution is 5.71. The van der Waals surface area contributed by atoms with E-state index in [9.17, 15) is 4.39 Å². The molecule has 0 aliphatic rings. The minimum atomic E-state index is -0.311. The molecule has 106 valence electrons. The summed E-state index contributed by atoms with van der Waals surface area (Å²) >= 11 is 0. The molecule has 2 aromatic rings. The zero-order valence-electron chi connectivity index (χ0n) is 12.0. The maximum Gasteiger partial charge on any atom is 0.134 e. The molecule has 0 radical (unpaired) electrons. The van der Waals surface area contributed by atoms with Gasteiger partial charge < -0.3 is 10.1 Å². The Hall–Kier alpha value is -2.10. The van der Waals surface area contributed by atoms with E-state index in [1.807, 2.05) is 12.1 Å². The van der Waals surface area contributed by atoms with Crippen LogP contribution in [0.5, 0.6) is 5.75 Å². The Bertz CT molecular complexity index is 569. The van der Waals surface area contributed by atoms with Crippen LogP contribution in [-0.2, 0) is 0 Å². The highest BCUT2D eigenvalue weighted by atomic mass is 19.1. The van der Waals surface area contributed by atoms with Gasteiger partial charge in [0.1, 0.15) is 17.4 Å². The molecular formula is C16H19FN2O. The average Bonchev–Trinajstić information content (AvgIpc) is 2.48. The number of nitrogens with one attached hydrogen (secondary N) is 1. The van der Waals surface area contributed by atoms with E-state index >= 15 is 0 Å². The largest absolute Gasteiger partial charge is 0.496 e. The van der Waals surface area contributed by atoms with Gasteiger partial charge in [0.15, 0.2) is 0 Å². The summed E-state index contributed by atoms with van der Waals surface area (Å²) < 4.78 is 19.2. The third kappa shape index (κ3) is 3.07. The topological polar surface area (TPSA) is 34.1 Å². The molecule has 1 atom stereocenters. The first-order valence-electron chi connectivity index (χ1n) is 6.71. The average molecular weight is 274 g/mol. The van der Waals surface area contributed by atoms with Gasteiger partial charge in [-0.05, 0) is 37.6 Å². The normalized spacial score (nSPS) is 12.0. The van der Waals surface area contributed by atoms with Crippen LogP contribution in [0, 0.1) is 5.82 Å². The lowest BCUT2D eigenvalue weighted by Crippen LogP contribution is -2.14. The number of nitrogens with zero attached hydrogens (tertiary/aromatic N) is 1. The summed E-state index contributed by atoms with van der Waals surface area (Å²) in [4.78, 5) is 4.33. The van der Waals surface area contributed by atoms with Gasteiger partial charge in [-0.15, -0.1) is 0 Å². The van der Waals surface area contributed by atoms with E-state index in [1.165, 1.54) is 13.2 Å². The van der Waals surface area contributed by atoms with Crippen LogP contribution >= 0.6 is 0 Å². The number of methoxy groups -OCH3 is 1. The Morgan fingerprint density at radius 3 is 2.70 bits per heavy atom. The molecule has 0 bridgehead atoms. The van der Waals surface area contributed by atoms with Gasteiger partial charge in [-0.3, -0.25) is 0 Å². The van der Waals surface area contributed by atoms with Crippen LogP contribution in [0.3, 0.4) is 0 Å². The molecule has 0 spiro atoms. The molecule has 3 nitrogen and oxygen atoms in total.